The largest absolute Gasteiger partial charge is 0.376 e. The van der Waals surface area contributed by atoms with E-state index >= 15 is 0 Å². The summed E-state index contributed by atoms with van der Waals surface area (Å²) in [5.74, 6) is 0.759. The number of nitrogens with zero attached hydrogens (tertiary/aromatic N) is 2. The number of ether oxygens (including phenoxy) is 2. The van der Waals surface area contributed by atoms with E-state index in [4.69, 9.17) is 9.47 Å². The van der Waals surface area contributed by atoms with Crippen molar-refractivity contribution in [2.24, 2.45) is 0 Å². The Labute approximate surface area is 121 Å². The molecule has 1 N–H and O–H groups in total. The van der Waals surface area contributed by atoms with E-state index in [0.29, 0.717) is 19.8 Å². The van der Waals surface area contributed by atoms with E-state index in [2.05, 4.69) is 36.1 Å². The van der Waals surface area contributed by atoms with Crippen molar-refractivity contribution in [2.45, 2.75) is 39.7 Å². The lowest BCUT2D eigenvalue weighted by Gasteiger charge is -2.23. The van der Waals surface area contributed by atoms with Gasteiger partial charge in [-0.2, -0.15) is 0 Å². The average molecular weight is 279 g/mol. The van der Waals surface area contributed by atoms with Gasteiger partial charge in [-0.15, -0.1) is 0 Å². The zero-order valence-corrected chi connectivity index (χ0v) is 12.7. The summed E-state index contributed by atoms with van der Waals surface area (Å²) in [5.41, 5.74) is 3.40. The Bertz CT molecular complexity index is 408. The smallest absolute Gasteiger partial charge is 0.160 e. The minimum atomic E-state index is -0.114. The molecular formula is C15H25N3O2. The molecule has 0 bridgehead atoms. The molecule has 2 heterocycles. The molecule has 0 saturated carbocycles. The quantitative estimate of drug-likeness (QED) is 0.804. The van der Waals surface area contributed by atoms with Crippen LogP contribution in [0.4, 0.5) is 0 Å². The summed E-state index contributed by atoms with van der Waals surface area (Å²) in [5, 5.41) is 3.34. The van der Waals surface area contributed by atoms with Gasteiger partial charge in [0, 0.05) is 11.4 Å². The SMILES string of the molecule is CCNCCCc1c(C)nc(C2COCCO2)nc1C. The Hall–Kier alpha value is -1.04. The maximum absolute atomic E-state index is 5.67. The summed E-state index contributed by atoms with van der Waals surface area (Å²) in [7, 11) is 0. The Morgan fingerprint density at radius 2 is 1.95 bits per heavy atom. The van der Waals surface area contributed by atoms with Crippen LogP contribution in [0.2, 0.25) is 0 Å². The highest BCUT2D eigenvalue weighted by Gasteiger charge is 2.21. The second kappa shape index (κ2) is 7.67. The van der Waals surface area contributed by atoms with Crippen LogP contribution in [-0.4, -0.2) is 42.9 Å². The van der Waals surface area contributed by atoms with Crippen molar-refractivity contribution in [3.05, 3.63) is 22.8 Å². The molecule has 0 spiro atoms. The molecule has 1 atom stereocenters. The Morgan fingerprint density at radius 3 is 2.55 bits per heavy atom. The van der Waals surface area contributed by atoms with E-state index in [9.17, 15) is 0 Å². The van der Waals surface area contributed by atoms with Crippen LogP contribution in [0.15, 0.2) is 0 Å². The minimum absolute atomic E-state index is 0.114. The molecular weight excluding hydrogens is 254 g/mol. The van der Waals surface area contributed by atoms with Crippen molar-refractivity contribution in [1.82, 2.24) is 15.3 Å². The lowest BCUT2D eigenvalue weighted by Crippen LogP contribution is -2.24. The first-order chi connectivity index (χ1) is 9.72. The molecule has 1 unspecified atom stereocenters. The molecule has 1 aromatic heterocycles. The molecule has 2 rings (SSSR count). The summed E-state index contributed by atoms with van der Waals surface area (Å²) in [6.07, 6.45) is 2.02. The van der Waals surface area contributed by atoms with E-state index in [-0.39, 0.29) is 6.10 Å². The van der Waals surface area contributed by atoms with Crippen molar-refractivity contribution < 1.29 is 9.47 Å². The summed E-state index contributed by atoms with van der Waals surface area (Å²) in [6.45, 7) is 10.1. The number of rotatable bonds is 6. The fraction of sp³-hybridized carbons (Fsp3) is 0.733. The third-order valence-electron chi connectivity index (χ3n) is 3.57. The first kappa shape index (κ1) is 15.4. The molecule has 0 aromatic carbocycles. The predicted molar refractivity (Wildman–Crippen MR) is 77.9 cm³/mol. The van der Waals surface area contributed by atoms with Crippen molar-refractivity contribution in [2.75, 3.05) is 32.9 Å². The van der Waals surface area contributed by atoms with Gasteiger partial charge in [0.2, 0.25) is 0 Å². The van der Waals surface area contributed by atoms with Gasteiger partial charge in [-0.1, -0.05) is 6.92 Å². The normalized spacial score (nSPS) is 19.2. The average Bonchev–Trinajstić information content (AvgIpc) is 2.46. The highest BCUT2D eigenvalue weighted by molar-refractivity contribution is 5.25. The maximum Gasteiger partial charge on any atom is 0.160 e. The van der Waals surface area contributed by atoms with Gasteiger partial charge in [0.05, 0.1) is 19.8 Å². The van der Waals surface area contributed by atoms with Crippen LogP contribution >= 0.6 is 0 Å². The maximum atomic E-state index is 5.67. The number of nitrogens with one attached hydrogen (secondary N) is 1. The van der Waals surface area contributed by atoms with Crippen molar-refractivity contribution in [3.8, 4) is 0 Å². The number of aromatic nitrogens is 2. The third kappa shape index (κ3) is 3.98. The van der Waals surface area contributed by atoms with Gasteiger partial charge in [-0.25, -0.2) is 9.97 Å². The second-order valence-electron chi connectivity index (χ2n) is 5.12. The predicted octanol–water partition coefficient (Wildman–Crippen LogP) is 1.72. The standard InChI is InChI=1S/C15H25N3O2/c1-4-16-7-5-6-13-11(2)17-15(18-12(13)3)14-10-19-8-9-20-14/h14,16H,4-10H2,1-3H3. The van der Waals surface area contributed by atoms with Crippen molar-refractivity contribution in [3.63, 3.8) is 0 Å². The number of aryl methyl sites for hydroxylation is 2. The second-order valence-corrected chi connectivity index (χ2v) is 5.12. The van der Waals surface area contributed by atoms with E-state index in [1.165, 1.54) is 5.56 Å². The molecule has 1 aromatic rings. The molecule has 1 saturated heterocycles. The highest BCUT2D eigenvalue weighted by atomic mass is 16.6. The molecule has 1 aliphatic heterocycles. The van der Waals surface area contributed by atoms with Crippen LogP contribution in [0.25, 0.3) is 0 Å². The topological polar surface area (TPSA) is 56.3 Å². The lowest BCUT2D eigenvalue weighted by molar-refractivity contribution is -0.0936. The Balaban J connectivity index is 2.03. The minimum Gasteiger partial charge on any atom is -0.376 e. The Morgan fingerprint density at radius 1 is 1.20 bits per heavy atom. The molecule has 5 heteroatoms. The van der Waals surface area contributed by atoms with E-state index in [0.717, 1.165) is 43.1 Å². The molecule has 5 nitrogen and oxygen atoms in total. The molecule has 1 aliphatic rings. The molecule has 112 valence electrons. The zero-order valence-electron chi connectivity index (χ0n) is 12.7. The highest BCUT2D eigenvalue weighted by Crippen LogP contribution is 2.20. The van der Waals surface area contributed by atoms with Gasteiger partial charge in [0.15, 0.2) is 5.82 Å². The van der Waals surface area contributed by atoms with Gasteiger partial charge in [-0.3, -0.25) is 0 Å². The van der Waals surface area contributed by atoms with Gasteiger partial charge in [0.1, 0.15) is 6.10 Å². The molecule has 1 fully saturated rings. The van der Waals surface area contributed by atoms with Crippen LogP contribution in [0, 0.1) is 13.8 Å². The molecule has 0 amide bonds. The Kier molecular flexibility index (Phi) is 5.88. The van der Waals surface area contributed by atoms with E-state index < -0.39 is 0 Å². The van der Waals surface area contributed by atoms with Gasteiger partial charge < -0.3 is 14.8 Å². The third-order valence-corrected chi connectivity index (χ3v) is 3.57. The van der Waals surface area contributed by atoms with Gasteiger partial charge >= 0.3 is 0 Å². The van der Waals surface area contributed by atoms with Gasteiger partial charge in [0.25, 0.3) is 0 Å². The van der Waals surface area contributed by atoms with E-state index in [1.54, 1.807) is 0 Å². The molecule has 20 heavy (non-hydrogen) atoms. The summed E-state index contributed by atoms with van der Waals surface area (Å²) in [4.78, 5) is 9.24. The van der Waals surface area contributed by atoms with Crippen LogP contribution in [0.5, 0.6) is 0 Å². The summed E-state index contributed by atoms with van der Waals surface area (Å²) in [6, 6.07) is 0. The zero-order chi connectivity index (χ0) is 14.4. The fourth-order valence-corrected chi connectivity index (χ4v) is 2.48. The fourth-order valence-electron chi connectivity index (χ4n) is 2.48. The monoisotopic (exact) mass is 279 g/mol. The summed E-state index contributed by atoms with van der Waals surface area (Å²) < 4.78 is 11.1. The van der Waals surface area contributed by atoms with Crippen LogP contribution in [0.1, 0.15) is 42.2 Å². The van der Waals surface area contributed by atoms with Crippen LogP contribution in [0.3, 0.4) is 0 Å². The number of hydrogen-bond donors (Lipinski definition) is 1. The number of hydrogen-bond acceptors (Lipinski definition) is 5. The summed E-state index contributed by atoms with van der Waals surface area (Å²) >= 11 is 0. The lowest BCUT2D eigenvalue weighted by atomic mass is 10.1. The first-order valence-corrected chi connectivity index (χ1v) is 7.46. The van der Waals surface area contributed by atoms with E-state index in [1.807, 2.05) is 0 Å². The van der Waals surface area contributed by atoms with Crippen LogP contribution in [-0.2, 0) is 15.9 Å². The van der Waals surface area contributed by atoms with Crippen LogP contribution < -0.4 is 5.32 Å². The van der Waals surface area contributed by atoms with Crippen molar-refractivity contribution in [1.29, 1.82) is 0 Å². The first-order valence-electron chi connectivity index (χ1n) is 7.46. The molecule has 0 aliphatic carbocycles. The molecule has 0 radical (unpaired) electrons. The van der Waals surface area contributed by atoms with Crippen molar-refractivity contribution >= 4 is 0 Å². The van der Waals surface area contributed by atoms with Gasteiger partial charge in [-0.05, 0) is 45.3 Å².